The number of nitrogens with zero attached hydrogens (tertiary/aromatic N) is 2. The molecular formula is C22H25ClN2O3. The Balaban J connectivity index is 1.48. The SMILES string of the molecule is CC(=O)c1ccc(OCC(=O)N2CCN(C(C)c3ccccc3Cl)CC2)cc1. The van der Waals surface area contributed by atoms with Crippen LogP contribution in [0.3, 0.4) is 0 Å². The second-order valence-electron chi connectivity index (χ2n) is 6.98. The second kappa shape index (κ2) is 9.22. The predicted molar refractivity (Wildman–Crippen MR) is 110 cm³/mol. The van der Waals surface area contributed by atoms with E-state index in [4.69, 9.17) is 16.3 Å². The Labute approximate surface area is 170 Å². The molecule has 1 unspecified atom stereocenters. The van der Waals surface area contributed by atoms with Gasteiger partial charge in [0.25, 0.3) is 5.91 Å². The molecule has 1 heterocycles. The van der Waals surface area contributed by atoms with E-state index in [1.807, 2.05) is 23.1 Å². The third-order valence-corrected chi connectivity index (χ3v) is 5.54. The van der Waals surface area contributed by atoms with Gasteiger partial charge in [0.05, 0.1) is 0 Å². The maximum atomic E-state index is 12.5. The summed E-state index contributed by atoms with van der Waals surface area (Å²) in [5.41, 5.74) is 1.74. The third-order valence-electron chi connectivity index (χ3n) is 5.19. The maximum absolute atomic E-state index is 12.5. The lowest BCUT2D eigenvalue weighted by Gasteiger charge is -2.38. The van der Waals surface area contributed by atoms with Gasteiger partial charge in [-0.15, -0.1) is 0 Å². The van der Waals surface area contributed by atoms with E-state index in [0.717, 1.165) is 23.7 Å². The van der Waals surface area contributed by atoms with Crippen LogP contribution in [0.15, 0.2) is 48.5 Å². The summed E-state index contributed by atoms with van der Waals surface area (Å²) in [6.07, 6.45) is 0. The molecule has 3 rings (SSSR count). The Morgan fingerprint density at radius 3 is 2.29 bits per heavy atom. The van der Waals surface area contributed by atoms with Gasteiger partial charge in [-0.1, -0.05) is 29.8 Å². The van der Waals surface area contributed by atoms with Gasteiger partial charge in [0, 0.05) is 42.8 Å². The zero-order valence-electron chi connectivity index (χ0n) is 16.2. The average Bonchev–Trinajstić information content (AvgIpc) is 2.72. The van der Waals surface area contributed by atoms with E-state index in [-0.39, 0.29) is 24.3 Å². The van der Waals surface area contributed by atoms with E-state index >= 15 is 0 Å². The first-order valence-corrected chi connectivity index (χ1v) is 9.83. The van der Waals surface area contributed by atoms with Crippen molar-refractivity contribution >= 4 is 23.3 Å². The molecule has 0 saturated carbocycles. The average molecular weight is 401 g/mol. The smallest absolute Gasteiger partial charge is 0.260 e. The number of hydrogen-bond acceptors (Lipinski definition) is 4. The zero-order chi connectivity index (χ0) is 20.1. The molecule has 0 bridgehead atoms. The van der Waals surface area contributed by atoms with Gasteiger partial charge in [0.1, 0.15) is 5.75 Å². The van der Waals surface area contributed by atoms with Crippen LogP contribution >= 0.6 is 11.6 Å². The molecular weight excluding hydrogens is 376 g/mol. The molecule has 0 aromatic heterocycles. The number of ether oxygens (including phenoxy) is 1. The normalized spacial score (nSPS) is 15.9. The molecule has 148 valence electrons. The number of benzene rings is 2. The number of hydrogen-bond donors (Lipinski definition) is 0. The summed E-state index contributed by atoms with van der Waals surface area (Å²) in [5, 5.41) is 0.776. The monoisotopic (exact) mass is 400 g/mol. The molecule has 1 amide bonds. The standard InChI is InChI=1S/C22H25ClN2O3/c1-16(20-5-3-4-6-21(20)23)24-11-13-25(14-12-24)22(27)15-28-19-9-7-18(8-10-19)17(2)26/h3-10,16H,11-15H2,1-2H3. The maximum Gasteiger partial charge on any atom is 0.260 e. The van der Waals surface area contributed by atoms with Crippen molar-refractivity contribution in [1.29, 1.82) is 0 Å². The molecule has 2 aromatic carbocycles. The summed E-state index contributed by atoms with van der Waals surface area (Å²) in [6.45, 7) is 6.59. The molecule has 0 spiro atoms. The van der Waals surface area contributed by atoms with Crippen LogP contribution in [0.2, 0.25) is 5.02 Å². The minimum absolute atomic E-state index is 0.000511. The lowest BCUT2D eigenvalue weighted by molar-refractivity contribution is -0.135. The van der Waals surface area contributed by atoms with Crippen LogP contribution in [0.4, 0.5) is 0 Å². The van der Waals surface area contributed by atoms with Gasteiger partial charge >= 0.3 is 0 Å². The summed E-state index contributed by atoms with van der Waals surface area (Å²) >= 11 is 6.32. The van der Waals surface area contributed by atoms with Gasteiger partial charge < -0.3 is 9.64 Å². The molecule has 1 saturated heterocycles. The van der Waals surface area contributed by atoms with Crippen molar-refractivity contribution in [2.45, 2.75) is 19.9 Å². The Morgan fingerprint density at radius 2 is 1.68 bits per heavy atom. The van der Waals surface area contributed by atoms with Crippen LogP contribution in [0.25, 0.3) is 0 Å². The molecule has 2 aromatic rings. The third kappa shape index (κ3) is 4.91. The zero-order valence-corrected chi connectivity index (χ0v) is 17.0. The lowest BCUT2D eigenvalue weighted by Crippen LogP contribution is -2.50. The van der Waals surface area contributed by atoms with E-state index < -0.39 is 0 Å². The number of halogens is 1. The number of piperazine rings is 1. The first-order chi connectivity index (χ1) is 13.5. The highest BCUT2D eigenvalue weighted by molar-refractivity contribution is 6.31. The number of amides is 1. The molecule has 0 N–H and O–H groups in total. The Kier molecular flexibility index (Phi) is 6.70. The first kappa shape index (κ1) is 20.4. The number of carbonyl (C=O) groups excluding carboxylic acids is 2. The second-order valence-corrected chi connectivity index (χ2v) is 7.39. The van der Waals surface area contributed by atoms with E-state index in [2.05, 4.69) is 17.9 Å². The van der Waals surface area contributed by atoms with Gasteiger partial charge in [-0.2, -0.15) is 0 Å². The van der Waals surface area contributed by atoms with Crippen LogP contribution in [-0.4, -0.2) is 54.3 Å². The fourth-order valence-electron chi connectivity index (χ4n) is 3.39. The summed E-state index contributed by atoms with van der Waals surface area (Å²) in [4.78, 5) is 27.9. The molecule has 1 aliphatic rings. The minimum atomic E-state index is -0.0271. The fourth-order valence-corrected chi connectivity index (χ4v) is 3.69. The van der Waals surface area contributed by atoms with Crippen molar-refractivity contribution < 1.29 is 14.3 Å². The number of Topliss-reactive ketones (excluding diaryl/α,β-unsaturated/α-hetero) is 1. The summed E-state index contributed by atoms with van der Waals surface area (Å²) < 4.78 is 5.58. The van der Waals surface area contributed by atoms with Crippen molar-refractivity contribution in [2.75, 3.05) is 32.8 Å². The summed E-state index contributed by atoms with van der Waals surface area (Å²) in [5.74, 6) is 0.566. The molecule has 1 aliphatic heterocycles. The first-order valence-electron chi connectivity index (χ1n) is 9.46. The van der Waals surface area contributed by atoms with Crippen molar-refractivity contribution in [3.8, 4) is 5.75 Å². The van der Waals surface area contributed by atoms with Crippen LogP contribution < -0.4 is 4.74 Å². The van der Waals surface area contributed by atoms with Crippen LogP contribution in [-0.2, 0) is 4.79 Å². The Hall–Kier alpha value is -2.37. The van der Waals surface area contributed by atoms with Crippen LogP contribution in [0.5, 0.6) is 5.75 Å². The summed E-state index contributed by atoms with van der Waals surface area (Å²) in [7, 11) is 0. The molecule has 1 atom stereocenters. The number of ketones is 1. The van der Waals surface area contributed by atoms with Crippen LogP contribution in [0.1, 0.15) is 35.8 Å². The molecule has 0 radical (unpaired) electrons. The molecule has 6 heteroatoms. The highest BCUT2D eigenvalue weighted by Gasteiger charge is 2.25. The van der Waals surface area contributed by atoms with E-state index in [9.17, 15) is 9.59 Å². The highest BCUT2D eigenvalue weighted by Crippen LogP contribution is 2.27. The van der Waals surface area contributed by atoms with Crippen molar-refractivity contribution in [3.05, 3.63) is 64.7 Å². The topological polar surface area (TPSA) is 49.9 Å². The van der Waals surface area contributed by atoms with Crippen molar-refractivity contribution in [3.63, 3.8) is 0 Å². The molecule has 28 heavy (non-hydrogen) atoms. The highest BCUT2D eigenvalue weighted by atomic mass is 35.5. The summed E-state index contributed by atoms with van der Waals surface area (Å²) in [6, 6.07) is 14.9. The van der Waals surface area contributed by atoms with Crippen molar-refractivity contribution in [1.82, 2.24) is 9.80 Å². The van der Waals surface area contributed by atoms with E-state index in [1.54, 1.807) is 24.3 Å². The molecule has 5 nitrogen and oxygen atoms in total. The van der Waals surface area contributed by atoms with Gasteiger partial charge in [-0.25, -0.2) is 0 Å². The number of rotatable bonds is 6. The Morgan fingerprint density at radius 1 is 1.04 bits per heavy atom. The largest absolute Gasteiger partial charge is 0.484 e. The lowest BCUT2D eigenvalue weighted by atomic mass is 10.1. The van der Waals surface area contributed by atoms with Gasteiger partial charge in [0.2, 0.25) is 0 Å². The van der Waals surface area contributed by atoms with E-state index in [1.165, 1.54) is 6.92 Å². The molecule has 1 fully saturated rings. The van der Waals surface area contributed by atoms with Gasteiger partial charge in [-0.05, 0) is 49.7 Å². The van der Waals surface area contributed by atoms with Crippen LogP contribution in [0, 0.1) is 0 Å². The van der Waals surface area contributed by atoms with Gasteiger partial charge in [0.15, 0.2) is 12.4 Å². The fraction of sp³-hybridized carbons (Fsp3) is 0.364. The van der Waals surface area contributed by atoms with E-state index in [0.29, 0.717) is 24.4 Å². The van der Waals surface area contributed by atoms with Gasteiger partial charge in [-0.3, -0.25) is 14.5 Å². The number of carbonyl (C=O) groups is 2. The quantitative estimate of drug-likeness (QED) is 0.691. The molecule has 0 aliphatic carbocycles. The minimum Gasteiger partial charge on any atom is -0.484 e. The van der Waals surface area contributed by atoms with Crippen molar-refractivity contribution in [2.24, 2.45) is 0 Å². The Bertz CT molecular complexity index is 830. The predicted octanol–water partition coefficient (Wildman–Crippen LogP) is 3.83.